The molecule has 0 N–H and O–H groups in total. The smallest absolute Gasteiger partial charge is 0.258 e. The van der Waals surface area contributed by atoms with E-state index in [-0.39, 0.29) is 17.6 Å². The van der Waals surface area contributed by atoms with Gasteiger partial charge in [0.1, 0.15) is 5.82 Å². The van der Waals surface area contributed by atoms with Crippen molar-refractivity contribution in [2.24, 2.45) is 0 Å². The molecule has 2 amide bonds. The number of carbonyl (C=O) groups excluding carboxylic acids is 2. The number of halogens is 1. The highest BCUT2D eigenvalue weighted by Crippen LogP contribution is 2.29. The first-order chi connectivity index (χ1) is 19.0. The van der Waals surface area contributed by atoms with Crippen LogP contribution in [0, 0.1) is 12.7 Å². The van der Waals surface area contributed by atoms with Crippen LogP contribution in [0.5, 0.6) is 0 Å². The minimum Gasteiger partial charge on any atom is -0.384 e. The average molecular weight is 532 g/mol. The molecule has 6 nitrogen and oxygen atoms in total. The molecule has 0 unspecified atom stereocenters. The van der Waals surface area contributed by atoms with Crippen molar-refractivity contribution in [2.45, 2.75) is 39.3 Å². The maximum atomic E-state index is 13.9. The summed E-state index contributed by atoms with van der Waals surface area (Å²) in [5, 5.41) is 0. The van der Waals surface area contributed by atoms with Gasteiger partial charge in [0.2, 0.25) is 5.91 Å². The summed E-state index contributed by atoms with van der Waals surface area (Å²) in [5.41, 5.74) is 4.39. The molecule has 7 heteroatoms. The van der Waals surface area contributed by atoms with E-state index in [0.717, 1.165) is 49.3 Å². The van der Waals surface area contributed by atoms with Gasteiger partial charge in [-0.1, -0.05) is 48.5 Å². The summed E-state index contributed by atoms with van der Waals surface area (Å²) in [6.45, 7) is 6.35. The van der Waals surface area contributed by atoms with E-state index in [0.29, 0.717) is 38.2 Å². The lowest BCUT2D eigenvalue weighted by atomic mass is 10.0. The topological polar surface area (TPSA) is 53.1 Å². The Kier molecular flexibility index (Phi) is 10.2. The van der Waals surface area contributed by atoms with E-state index >= 15 is 0 Å². The molecule has 206 valence electrons. The first-order valence-corrected chi connectivity index (χ1v) is 13.6. The third-order valence-electron chi connectivity index (χ3n) is 7.17. The fraction of sp³-hybridized carbons (Fsp3) is 0.375. The fourth-order valence-electron chi connectivity index (χ4n) is 5.19. The van der Waals surface area contributed by atoms with Gasteiger partial charge in [0, 0.05) is 51.9 Å². The Morgan fingerprint density at radius 3 is 2.31 bits per heavy atom. The van der Waals surface area contributed by atoms with Gasteiger partial charge in [0.25, 0.3) is 5.91 Å². The minimum atomic E-state index is -0.376. The second-order valence-electron chi connectivity index (χ2n) is 10.1. The highest BCUT2D eigenvalue weighted by atomic mass is 19.1. The lowest BCUT2D eigenvalue weighted by molar-refractivity contribution is -0.132. The molecule has 0 aliphatic carbocycles. The summed E-state index contributed by atoms with van der Waals surface area (Å²) < 4.78 is 18.8. The first-order valence-electron chi connectivity index (χ1n) is 13.6. The minimum absolute atomic E-state index is 0.0346. The number of nitrogens with zero attached hydrogens (tertiary/aromatic N) is 3. The summed E-state index contributed by atoms with van der Waals surface area (Å²) in [4.78, 5) is 33.2. The van der Waals surface area contributed by atoms with E-state index in [4.69, 9.17) is 4.74 Å². The zero-order chi connectivity index (χ0) is 27.6. The lowest BCUT2D eigenvalue weighted by Gasteiger charge is -2.32. The Morgan fingerprint density at radius 1 is 0.872 bits per heavy atom. The lowest BCUT2D eigenvalue weighted by Crippen LogP contribution is -2.39. The largest absolute Gasteiger partial charge is 0.384 e. The zero-order valence-electron chi connectivity index (χ0n) is 22.9. The van der Waals surface area contributed by atoms with Gasteiger partial charge in [-0.3, -0.25) is 14.5 Å². The molecular formula is C32H38FN3O3. The number of hydrogen-bond donors (Lipinski definition) is 0. The van der Waals surface area contributed by atoms with Crippen LogP contribution in [0.3, 0.4) is 0 Å². The molecule has 0 fully saturated rings. The van der Waals surface area contributed by atoms with Crippen LogP contribution >= 0.6 is 0 Å². The Morgan fingerprint density at radius 2 is 1.59 bits per heavy atom. The summed E-state index contributed by atoms with van der Waals surface area (Å²) in [6, 6.07) is 22.0. The second kappa shape index (κ2) is 14.0. The van der Waals surface area contributed by atoms with E-state index in [1.54, 1.807) is 7.11 Å². The number of hydrogen-bond acceptors (Lipinski definition) is 4. The van der Waals surface area contributed by atoms with Gasteiger partial charge in [-0.15, -0.1) is 0 Å². The Labute approximate surface area is 231 Å². The van der Waals surface area contributed by atoms with Gasteiger partial charge >= 0.3 is 0 Å². The molecule has 1 aliphatic heterocycles. The molecule has 0 spiro atoms. The maximum absolute atomic E-state index is 13.9. The quantitative estimate of drug-likeness (QED) is 0.425. The van der Waals surface area contributed by atoms with Crippen LogP contribution in [0.1, 0.15) is 46.3 Å². The number of fused-ring (bicyclic) bond motifs is 1. The van der Waals surface area contributed by atoms with Gasteiger partial charge in [-0.05, 0) is 60.7 Å². The van der Waals surface area contributed by atoms with Crippen LogP contribution in [0.25, 0.3) is 0 Å². The molecule has 0 bridgehead atoms. The van der Waals surface area contributed by atoms with Crippen molar-refractivity contribution in [1.29, 1.82) is 0 Å². The van der Waals surface area contributed by atoms with E-state index in [1.807, 2.05) is 53.1 Å². The number of methoxy groups -OCH3 is 1. The van der Waals surface area contributed by atoms with Crippen LogP contribution < -0.4 is 4.90 Å². The Hall–Kier alpha value is -3.55. The van der Waals surface area contributed by atoms with E-state index in [2.05, 4.69) is 17.0 Å². The second-order valence-corrected chi connectivity index (χ2v) is 10.1. The first kappa shape index (κ1) is 28.5. The molecule has 0 radical (unpaired) electrons. The summed E-state index contributed by atoms with van der Waals surface area (Å²) in [7, 11) is 1.60. The van der Waals surface area contributed by atoms with Gasteiger partial charge in [0.05, 0.1) is 18.7 Å². The molecule has 1 aliphatic rings. The summed E-state index contributed by atoms with van der Waals surface area (Å²) in [5.74, 6) is -0.513. The number of amides is 2. The molecule has 39 heavy (non-hydrogen) atoms. The predicted octanol–water partition coefficient (Wildman–Crippen LogP) is 5.44. The monoisotopic (exact) mass is 531 g/mol. The van der Waals surface area contributed by atoms with Crippen molar-refractivity contribution in [3.05, 3.63) is 101 Å². The highest BCUT2D eigenvalue weighted by molar-refractivity contribution is 6.07. The van der Waals surface area contributed by atoms with E-state index < -0.39 is 0 Å². The van der Waals surface area contributed by atoms with Crippen LogP contribution in [-0.2, 0) is 22.6 Å². The predicted molar refractivity (Wildman–Crippen MR) is 152 cm³/mol. The van der Waals surface area contributed by atoms with Crippen molar-refractivity contribution in [3.8, 4) is 0 Å². The number of aryl methyl sites for hydroxylation is 1. The van der Waals surface area contributed by atoms with Gasteiger partial charge < -0.3 is 14.5 Å². The third-order valence-corrected chi connectivity index (χ3v) is 7.17. The van der Waals surface area contributed by atoms with Crippen LogP contribution in [0.4, 0.5) is 10.1 Å². The van der Waals surface area contributed by atoms with Crippen molar-refractivity contribution in [2.75, 3.05) is 44.8 Å². The number of ether oxygens (including phenoxy) is 1. The highest BCUT2D eigenvalue weighted by Gasteiger charge is 2.25. The average Bonchev–Trinajstić information content (AvgIpc) is 2.94. The molecule has 1 heterocycles. The number of para-hydroxylation sites is 1. The molecule has 0 atom stereocenters. The number of anilines is 1. The van der Waals surface area contributed by atoms with Crippen LogP contribution in [0.2, 0.25) is 0 Å². The van der Waals surface area contributed by atoms with E-state index in [9.17, 15) is 14.0 Å². The molecule has 3 aromatic rings. The number of benzene rings is 3. The molecule has 4 rings (SSSR count). The number of rotatable bonds is 6. The normalized spacial score (nSPS) is 15.3. The third kappa shape index (κ3) is 7.74. The van der Waals surface area contributed by atoms with Crippen molar-refractivity contribution in [3.63, 3.8) is 0 Å². The summed E-state index contributed by atoms with van der Waals surface area (Å²) in [6.07, 6.45) is 1.94. The molecule has 0 saturated heterocycles. The zero-order valence-corrected chi connectivity index (χ0v) is 22.9. The SMILES string of the molecule is COCCC(=O)N1CCCN(Cc2ccccc2)CCCN(C(=O)c2ccc(F)cc2)c2c(C)cccc2C1. The molecule has 3 aromatic carbocycles. The number of carbonyl (C=O) groups is 2. The van der Waals surface area contributed by atoms with E-state index in [1.165, 1.54) is 29.8 Å². The molecule has 0 aromatic heterocycles. The standard InChI is InChI=1S/C32H38FN3O3/c1-25-9-6-12-28-24-35(30(37)17-22-39-2)20-7-18-34(23-26-10-4-3-5-11-26)19-8-21-36(31(25)28)32(38)27-13-15-29(33)16-14-27/h3-6,9-16H,7-8,17-24H2,1-2H3. The van der Waals surface area contributed by atoms with Crippen molar-refractivity contribution in [1.82, 2.24) is 9.80 Å². The van der Waals surface area contributed by atoms with Crippen LogP contribution in [-0.4, -0.2) is 61.5 Å². The van der Waals surface area contributed by atoms with Crippen molar-refractivity contribution < 1.29 is 18.7 Å². The summed E-state index contributed by atoms with van der Waals surface area (Å²) >= 11 is 0. The van der Waals surface area contributed by atoms with Gasteiger partial charge in [0.15, 0.2) is 0 Å². The Balaban J connectivity index is 1.69. The molecular weight excluding hydrogens is 493 g/mol. The fourth-order valence-corrected chi connectivity index (χ4v) is 5.19. The maximum Gasteiger partial charge on any atom is 0.258 e. The molecule has 0 saturated carbocycles. The van der Waals surface area contributed by atoms with Crippen LogP contribution in [0.15, 0.2) is 72.8 Å². The Bertz CT molecular complexity index is 1230. The van der Waals surface area contributed by atoms with Crippen molar-refractivity contribution >= 4 is 17.5 Å². The van der Waals surface area contributed by atoms with Gasteiger partial charge in [-0.2, -0.15) is 0 Å². The van der Waals surface area contributed by atoms with Gasteiger partial charge in [-0.25, -0.2) is 4.39 Å².